The van der Waals surface area contributed by atoms with Gasteiger partial charge in [0.05, 0.1) is 0 Å². The van der Waals surface area contributed by atoms with Gasteiger partial charge in [0.1, 0.15) is 6.04 Å². The monoisotopic (exact) mass is 306 g/mol. The summed E-state index contributed by atoms with van der Waals surface area (Å²) in [6.07, 6.45) is -0.581. The van der Waals surface area contributed by atoms with E-state index >= 15 is 0 Å². The van der Waals surface area contributed by atoms with Crippen LogP contribution in [-0.4, -0.2) is 66.7 Å². The third-order valence-corrected chi connectivity index (χ3v) is 4.38. The third-order valence-electron chi connectivity index (χ3n) is 4.38. The minimum atomic E-state index is -4.15. The molecule has 0 amide bonds. The van der Waals surface area contributed by atoms with E-state index in [0.29, 0.717) is 38.8 Å². The highest BCUT2D eigenvalue weighted by Gasteiger charge is 2.41. The number of nitrogens with zero attached hydrogens (tertiary/aromatic N) is 3. The molecule has 2 fully saturated rings. The highest BCUT2D eigenvalue weighted by atomic mass is 19.4. The molecule has 0 bridgehead atoms. The number of alkyl halides is 3. The number of nitrogens with one attached hydrogen (secondary N) is 1. The van der Waals surface area contributed by atoms with Gasteiger partial charge in [0.2, 0.25) is 0 Å². The molecule has 1 saturated heterocycles. The average Bonchev–Trinajstić information content (AvgIpc) is 2.40. The Bertz CT molecular complexity index is 358. The Labute approximate surface area is 124 Å². The Hall–Kier alpha value is -0.980. The standard InChI is InChI=1S/C14H25F3N4/c1-3-18-13(19-12-5-4-6-12)21-9-7-20(8-10-21)11(2)14(15,16)17/h11-12H,3-10H2,1-2H3,(H,18,19). The van der Waals surface area contributed by atoms with E-state index in [0.717, 1.165) is 18.8 Å². The predicted molar refractivity (Wildman–Crippen MR) is 77.4 cm³/mol. The van der Waals surface area contributed by atoms with Crippen molar-refractivity contribution in [2.75, 3.05) is 32.7 Å². The largest absolute Gasteiger partial charge is 0.403 e. The smallest absolute Gasteiger partial charge is 0.354 e. The zero-order chi connectivity index (χ0) is 15.5. The second-order valence-corrected chi connectivity index (χ2v) is 5.81. The van der Waals surface area contributed by atoms with Crippen molar-refractivity contribution >= 4 is 5.96 Å². The maximum absolute atomic E-state index is 12.7. The maximum Gasteiger partial charge on any atom is 0.403 e. The summed E-state index contributed by atoms with van der Waals surface area (Å²) in [6.45, 7) is 5.95. The molecule has 1 heterocycles. The van der Waals surface area contributed by atoms with Gasteiger partial charge in [-0.1, -0.05) is 0 Å². The highest BCUT2D eigenvalue weighted by Crippen LogP contribution is 2.25. The van der Waals surface area contributed by atoms with Crippen molar-refractivity contribution in [1.82, 2.24) is 15.1 Å². The van der Waals surface area contributed by atoms with Crippen LogP contribution in [0, 0.1) is 0 Å². The Morgan fingerprint density at radius 2 is 1.86 bits per heavy atom. The lowest BCUT2D eigenvalue weighted by molar-refractivity contribution is -0.181. The molecule has 0 aromatic heterocycles. The van der Waals surface area contributed by atoms with Crippen LogP contribution in [-0.2, 0) is 0 Å². The van der Waals surface area contributed by atoms with Gasteiger partial charge < -0.3 is 10.2 Å². The topological polar surface area (TPSA) is 30.9 Å². The zero-order valence-corrected chi connectivity index (χ0v) is 12.8. The van der Waals surface area contributed by atoms with Crippen molar-refractivity contribution in [2.45, 2.75) is 51.4 Å². The van der Waals surface area contributed by atoms with E-state index in [-0.39, 0.29) is 0 Å². The molecule has 122 valence electrons. The molecule has 1 saturated carbocycles. The summed E-state index contributed by atoms with van der Waals surface area (Å²) >= 11 is 0. The molecule has 0 radical (unpaired) electrons. The van der Waals surface area contributed by atoms with Gasteiger partial charge in [-0.2, -0.15) is 13.2 Å². The second kappa shape index (κ2) is 6.85. The van der Waals surface area contributed by atoms with Crippen molar-refractivity contribution < 1.29 is 13.2 Å². The predicted octanol–water partition coefficient (Wildman–Crippen LogP) is 2.07. The number of aliphatic imine (C=N–C) groups is 1. The summed E-state index contributed by atoms with van der Waals surface area (Å²) in [5.74, 6) is 0.863. The summed E-state index contributed by atoms with van der Waals surface area (Å²) in [4.78, 5) is 8.07. The van der Waals surface area contributed by atoms with Crippen LogP contribution in [0.1, 0.15) is 33.1 Å². The lowest BCUT2D eigenvalue weighted by atomic mass is 9.93. The number of rotatable bonds is 3. The molecule has 4 nitrogen and oxygen atoms in total. The Balaban J connectivity index is 1.87. The number of halogens is 3. The molecule has 1 N–H and O–H groups in total. The summed E-state index contributed by atoms with van der Waals surface area (Å²) < 4.78 is 38.2. The van der Waals surface area contributed by atoms with Gasteiger partial charge in [-0.3, -0.25) is 9.89 Å². The van der Waals surface area contributed by atoms with Crippen LogP contribution >= 0.6 is 0 Å². The molecular formula is C14H25F3N4. The lowest BCUT2D eigenvalue weighted by Crippen LogP contribution is -2.58. The van der Waals surface area contributed by atoms with Crippen LogP contribution in [0.3, 0.4) is 0 Å². The molecule has 21 heavy (non-hydrogen) atoms. The van der Waals surface area contributed by atoms with E-state index in [1.807, 2.05) is 6.92 Å². The number of guanidine groups is 1. The highest BCUT2D eigenvalue weighted by molar-refractivity contribution is 5.80. The third kappa shape index (κ3) is 4.25. The van der Waals surface area contributed by atoms with E-state index in [1.165, 1.54) is 18.2 Å². The first-order valence-electron chi connectivity index (χ1n) is 7.78. The second-order valence-electron chi connectivity index (χ2n) is 5.81. The van der Waals surface area contributed by atoms with Crippen molar-refractivity contribution in [3.05, 3.63) is 0 Å². The number of hydrogen-bond donors (Lipinski definition) is 1. The van der Waals surface area contributed by atoms with Crippen molar-refractivity contribution in [3.8, 4) is 0 Å². The maximum atomic E-state index is 12.7. The van der Waals surface area contributed by atoms with Crippen molar-refractivity contribution in [1.29, 1.82) is 0 Å². The minimum Gasteiger partial charge on any atom is -0.354 e. The molecule has 1 atom stereocenters. The van der Waals surface area contributed by atoms with Gasteiger partial charge in [0.15, 0.2) is 5.96 Å². The first-order valence-corrected chi connectivity index (χ1v) is 7.78. The molecule has 0 aromatic carbocycles. The average molecular weight is 306 g/mol. The molecule has 1 aliphatic heterocycles. The van der Waals surface area contributed by atoms with E-state index in [9.17, 15) is 13.2 Å². The lowest BCUT2D eigenvalue weighted by Gasteiger charge is -2.41. The Morgan fingerprint density at radius 3 is 2.29 bits per heavy atom. The summed E-state index contributed by atoms with van der Waals surface area (Å²) in [5.41, 5.74) is 0. The van der Waals surface area contributed by atoms with E-state index in [2.05, 4.69) is 15.2 Å². The van der Waals surface area contributed by atoms with Gasteiger partial charge in [-0.25, -0.2) is 0 Å². The van der Waals surface area contributed by atoms with Crippen LogP contribution in [0.2, 0.25) is 0 Å². The molecule has 0 aromatic rings. The first-order chi connectivity index (χ1) is 9.91. The Morgan fingerprint density at radius 1 is 1.24 bits per heavy atom. The fraction of sp³-hybridized carbons (Fsp3) is 0.929. The van der Waals surface area contributed by atoms with Crippen LogP contribution in [0.25, 0.3) is 0 Å². The molecule has 7 heteroatoms. The van der Waals surface area contributed by atoms with Gasteiger partial charge in [-0.05, 0) is 33.1 Å². The van der Waals surface area contributed by atoms with Gasteiger partial charge >= 0.3 is 6.18 Å². The van der Waals surface area contributed by atoms with Crippen LogP contribution in [0.4, 0.5) is 13.2 Å². The molecule has 1 aliphatic carbocycles. The van der Waals surface area contributed by atoms with Gasteiger partial charge in [0.25, 0.3) is 0 Å². The van der Waals surface area contributed by atoms with Crippen LogP contribution in [0.15, 0.2) is 4.99 Å². The molecule has 0 spiro atoms. The molecule has 2 aliphatic rings. The van der Waals surface area contributed by atoms with E-state index in [1.54, 1.807) is 0 Å². The van der Waals surface area contributed by atoms with Gasteiger partial charge in [-0.15, -0.1) is 0 Å². The SMILES string of the molecule is CCN=C(NC1CCC1)N1CCN(C(C)C(F)(F)F)CC1. The fourth-order valence-electron chi connectivity index (χ4n) is 2.65. The van der Waals surface area contributed by atoms with E-state index < -0.39 is 12.2 Å². The first kappa shape index (κ1) is 16.4. The molecular weight excluding hydrogens is 281 g/mol. The quantitative estimate of drug-likeness (QED) is 0.640. The van der Waals surface area contributed by atoms with Crippen LogP contribution in [0.5, 0.6) is 0 Å². The summed E-state index contributed by atoms with van der Waals surface area (Å²) in [7, 11) is 0. The fourth-order valence-corrected chi connectivity index (χ4v) is 2.65. The zero-order valence-electron chi connectivity index (χ0n) is 12.8. The van der Waals surface area contributed by atoms with Crippen molar-refractivity contribution in [3.63, 3.8) is 0 Å². The van der Waals surface area contributed by atoms with Crippen LogP contribution < -0.4 is 5.32 Å². The summed E-state index contributed by atoms with van der Waals surface area (Å²) in [5, 5.41) is 3.43. The van der Waals surface area contributed by atoms with E-state index in [4.69, 9.17) is 0 Å². The number of piperazine rings is 1. The summed E-state index contributed by atoms with van der Waals surface area (Å²) in [6, 6.07) is -0.881. The Kier molecular flexibility index (Phi) is 5.35. The van der Waals surface area contributed by atoms with Gasteiger partial charge in [0, 0.05) is 38.8 Å². The normalized spacial score (nSPS) is 23.9. The molecule has 2 rings (SSSR count). The minimum absolute atomic E-state index is 0.426. The van der Waals surface area contributed by atoms with Crippen molar-refractivity contribution in [2.24, 2.45) is 4.99 Å². The number of hydrogen-bond acceptors (Lipinski definition) is 2. The molecule has 1 unspecified atom stereocenters.